The molecule has 18 heavy (non-hydrogen) atoms. The third kappa shape index (κ3) is 3.19. The highest BCUT2D eigenvalue weighted by molar-refractivity contribution is 9.10. The Morgan fingerprint density at radius 1 is 1.28 bits per heavy atom. The molecule has 1 fully saturated rings. The lowest BCUT2D eigenvalue weighted by Crippen LogP contribution is -2.37. The summed E-state index contributed by atoms with van der Waals surface area (Å²) in [5, 5.41) is -0.0820. The van der Waals surface area contributed by atoms with Crippen LogP contribution in [-0.2, 0) is 4.79 Å². The van der Waals surface area contributed by atoms with Gasteiger partial charge in [0.2, 0.25) is 5.91 Å². The predicted octanol–water partition coefficient (Wildman–Crippen LogP) is 4.39. The van der Waals surface area contributed by atoms with E-state index >= 15 is 0 Å². The summed E-state index contributed by atoms with van der Waals surface area (Å²) in [5.74, 6) is -0.0284. The minimum absolute atomic E-state index is 0.0284. The molecule has 1 amide bonds. The number of carbonyl (C=O) groups is 1. The Morgan fingerprint density at radius 3 is 2.61 bits per heavy atom. The van der Waals surface area contributed by atoms with E-state index in [0.29, 0.717) is 5.02 Å². The van der Waals surface area contributed by atoms with E-state index in [0.717, 1.165) is 36.0 Å². The standard InChI is InChI=1S/C13H14BrCl2NO/c14-11-5-4-9(15)8-10(11)12(16)13(18)17-6-2-1-3-7-17/h4-5,8,12H,1-3,6-7H2. The van der Waals surface area contributed by atoms with Gasteiger partial charge in [0.1, 0.15) is 5.38 Å². The summed E-state index contributed by atoms with van der Waals surface area (Å²) >= 11 is 15.6. The zero-order valence-corrected chi connectivity index (χ0v) is 12.9. The van der Waals surface area contributed by atoms with Gasteiger partial charge in [0.05, 0.1) is 0 Å². The lowest BCUT2D eigenvalue weighted by atomic mass is 10.1. The quantitative estimate of drug-likeness (QED) is 0.724. The van der Waals surface area contributed by atoms with Crippen molar-refractivity contribution in [2.24, 2.45) is 0 Å². The molecular formula is C13H14BrCl2NO. The fraction of sp³-hybridized carbons (Fsp3) is 0.462. The normalized spacial score (nSPS) is 17.6. The minimum Gasteiger partial charge on any atom is -0.341 e. The van der Waals surface area contributed by atoms with Crippen LogP contribution in [0.3, 0.4) is 0 Å². The minimum atomic E-state index is -0.670. The molecule has 2 rings (SSSR count). The number of hydrogen-bond acceptors (Lipinski definition) is 1. The summed E-state index contributed by atoms with van der Waals surface area (Å²) in [6.45, 7) is 1.61. The summed E-state index contributed by atoms with van der Waals surface area (Å²) < 4.78 is 0.817. The summed E-state index contributed by atoms with van der Waals surface area (Å²) in [4.78, 5) is 14.1. The first kappa shape index (κ1) is 14.2. The largest absolute Gasteiger partial charge is 0.341 e. The Hall–Kier alpha value is -0.250. The molecule has 1 aromatic carbocycles. The number of benzene rings is 1. The molecule has 98 valence electrons. The van der Waals surface area contributed by atoms with Crippen LogP contribution in [0.1, 0.15) is 30.2 Å². The van der Waals surface area contributed by atoms with Gasteiger partial charge in [-0.3, -0.25) is 4.79 Å². The van der Waals surface area contributed by atoms with E-state index in [1.165, 1.54) is 6.42 Å². The van der Waals surface area contributed by atoms with Crippen molar-refractivity contribution >= 4 is 45.0 Å². The van der Waals surface area contributed by atoms with Crippen LogP contribution in [-0.4, -0.2) is 23.9 Å². The number of nitrogens with zero attached hydrogens (tertiary/aromatic N) is 1. The molecule has 0 saturated carbocycles. The molecule has 1 atom stereocenters. The molecule has 1 aliphatic rings. The van der Waals surface area contributed by atoms with Crippen molar-refractivity contribution in [3.05, 3.63) is 33.3 Å². The van der Waals surface area contributed by atoms with Crippen LogP contribution in [0.5, 0.6) is 0 Å². The third-order valence-corrected chi connectivity index (χ3v) is 4.49. The Balaban J connectivity index is 2.16. The third-order valence-electron chi connectivity index (χ3n) is 3.12. The van der Waals surface area contributed by atoms with Crippen LogP contribution in [0, 0.1) is 0 Å². The average Bonchev–Trinajstić information content (AvgIpc) is 2.41. The Labute approximate surface area is 125 Å². The van der Waals surface area contributed by atoms with Crippen LogP contribution < -0.4 is 0 Å². The molecule has 1 heterocycles. The molecule has 0 aromatic heterocycles. The van der Waals surface area contributed by atoms with Crippen LogP contribution in [0.2, 0.25) is 5.02 Å². The number of amides is 1. The maximum atomic E-state index is 12.3. The van der Waals surface area contributed by atoms with Crippen molar-refractivity contribution in [1.82, 2.24) is 4.90 Å². The highest BCUT2D eigenvalue weighted by Gasteiger charge is 2.26. The van der Waals surface area contributed by atoms with Crippen molar-refractivity contribution in [2.75, 3.05) is 13.1 Å². The fourth-order valence-electron chi connectivity index (χ4n) is 2.12. The van der Waals surface area contributed by atoms with Crippen LogP contribution >= 0.6 is 39.1 Å². The molecule has 1 aromatic rings. The van der Waals surface area contributed by atoms with E-state index in [-0.39, 0.29) is 5.91 Å². The zero-order chi connectivity index (χ0) is 13.1. The second-order valence-electron chi connectivity index (χ2n) is 4.41. The lowest BCUT2D eigenvalue weighted by Gasteiger charge is -2.28. The first-order valence-electron chi connectivity index (χ1n) is 5.97. The predicted molar refractivity (Wildman–Crippen MR) is 78.2 cm³/mol. The zero-order valence-electron chi connectivity index (χ0n) is 9.83. The summed E-state index contributed by atoms with van der Waals surface area (Å²) in [5.41, 5.74) is 0.736. The van der Waals surface area contributed by atoms with Crippen molar-refractivity contribution in [1.29, 1.82) is 0 Å². The van der Waals surface area contributed by atoms with Gasteiger partial charge in [0.15, 0.2) is 0 Å². The van der Waals surface area contributed by atoms with Gasteiger partial charge in [-0.15, -0.1) is 11.6 Å². The van der Waals surface area contributed by atoms with Crippen molar-refractivity contribution in [3.8, 4) is 0 Å². The number of hydrogen-bond donors (Lipinski definition) is 0. The van der Waals surface area contributed by atoms with E-state index in [4.69, 9.17) is 23.2 Å². The van der Waals surface area contributed by atoms with Crippen LogP contribution in [0.15, 0.2) is 22.7 Å². The molecule has 1 aliphatic heterocycles. The molecule has 0 radical (unpaired) electrons. The maximum Gasteiger partial charge on any atom is 0.245 e. The van der Waals surface area contributed by atoms with Gasteiger partial charge in [-0.2, -0.15) is 0 Å². The van der Waals surface area contributed by atoms with Crippen LogP contribution in [0.4, 0.5) is 0 Å². The second kappa shape index (κ2) is 6.27. The van der Waals surface area contributed by atoms with E-state index in [2.05, 4.69) is 15.9 Å². The molecule has 5 heteroatoms. The highest BCUT2D eigenvalue weighted by atomic mass is 79.9. The first-order valence-corrected chi connectivity index (χ1v) is 7.58. The number of likely N-dealkylation sites (tertiary alicyclic amines) is 1. The highest BCUT2D eigenvalue weighted by Crippen LogP contribution is 2.32. The molecule has 0 N–H and O–H groups in total. The maximum absolute atomic E-state index is 12.3. The van der Waals surface area contributed by atoms with Crippen LogP contribution in [0.25, 0.3) is 0 Å². The summed E-state index contributed by atoms with van der Waals surface area (Å²) in [6.07, 6.45) is 3.32. The molecule has 1 unspecified atom stereocenters. The molecular weight excluding hydrogens is 337 g/mol. The molecule has 2 nitrogen and oxygen atoms in total. The number of carbonyl (C=O) groups excluding carboxylic acids is 1. The van der Waals surface area contributed by atoms with Gasteiger partial charge in [-0.05, 0) is 43.0 Å². The van der Waals surface area contributed by atoms with Crippen molar-refractivity contribution < 1.29 is 4.79 Å². The SMILES string of the molecule is O=C(C(Cl)c1cc(Cl)ccc1Br)N1CCCCC1. The van der Waals surface area contributed by atoms with Gasteiger partial charge >= 0.3 is 0 Å². The van der Waals surface area contributed by atoms with Crippen molar-refractivity contribution in [2.45, 2.75) is 24.6 Å². The molecule has 0 aliphatic carbocycles. The smallest absolute Gasteiger partial charge is 0.245 e. The summed E-state index contributed by atoms with van der Waals surface area (Å²) in [7, 11) is 0. The van der Waals surface area contributed by atoms with Gasteiger partial charge in [0.25, 0.3) is 0 Å². The van der Waals surface area contributed by atoms with Gasteiger partial charge in [-0.1, -0.05) is 27.5 Å². The number of halogens is 3. The number of piperidine rings is 1. The Morgan fingerprint density at radius 2 is 1.94 bits per heavy atom. The van der Waals surface area contributed by atoms with E-state index in [9.17, 15) is 4.79 Å². The van der Waals surface area contributed by atoms with Crippen molar-refractivity contribution in [3.63, 3.8) is 0 Å². The first-order chi connectivity index (χ1) is 8.59. The molecule has 0 bridgehead atoms. The monoisotopic (exact) mass is 349 g/mol. The van der Waals surface area contributed by atoms with Gasteiger partial charge < -0.3 is 4.90 Å². The molecule has 0 spiro atoms. The topological polar surface area (TPSA) is 20.3 Å². The lowest BCUT2D eigenvalue weighted by molar-refractivity contribution is -0.131. The second-order valence-corrected chi connectivity index (χ2v) is 6.14. The van der Waals surface area contributed by atoms with E-state index in [1.54, 1.807) is 12.1 Å². The Bertz CT molecular complexity index is 447. The van der Waals surface area contributed by atoms with E-state index in [1.807, 2.05) is 11.0 Å². The molecule has 1 saturated heterocycles. The average molecular weight is 351 g/mol. The fourth-order valence-corrected chi connectivity index (χ4v) is 3.22. The number of rotatable bonds is 2. The van der Waals surface area contributed by atoms with E-state index < -0.39 is 5.38 Å². The summed E-state index contributed by atoms with van der Waals surface area (Å²) in [6, 6.07) is 5.33. The van der Waals surface area contributed by atoms with Gasteiger partial charge in [-0.25, -0.2) is 0 Å². The van der Waals surface area contributed by atoms with Gasteiger partial charge in [0, 0.05) is 22.6 Å². The Kier molecular flexibility index (Phi) is 4.93. The number of alkyl halides is 1.